The molecule has 0 aromatic rings. The fraction of sp³-hybridized carbons (Fsp3) is 1.00. The fourth-order valence-corrected chi connectivity index (χ4v) is 4.63. The van der Waals surface area contributed by atoms with Crippen molar-refractivity contribution in [2.75, 3.05) is 20.3 Å². The Morgan fingerprint density at radius 3 is 2.28 bits per heavy atom. The molecule has 1 heterocycles. The SMILES string of the molecule is CNC(C1CCOCC1)C1(CC(C)C)CCCC1. The summed E-state index contributed by atoms with van der Waals surface area (Å²) in [5, 5.41) is 3.70. The van der Waals surface area contributed by atoms with Crippen molar-refractivity contribution in [2.45, 2.75) is 64.8 Å². The van der Waals surface area contributed by atoms with Crippen molar-refractivity contribution in [3.63, 3.8) is 0 Å². The Morgan fingerprint density at radius 2 is 1.78 bits per heavy atom. The lowest BCUT2D eigenvalue weighted by atomic mass is 9.67. The molecule has 0 radical (unpaired) electrons. The van der Waals surface area contributed by atoms with E-state index in [4.69, 9.17) is 4.74 Å². The monoisotopic (exact) mass is 253 g/mol. The maximum Gasteiger partial charge on any atom is 0.0469 e. The van der Waals surface area contributed by atoms with Crippen molar-refractivity contribution in [3.8, 4) is 0 Å². The molecule has 18 heavy (non-hydrogen) atoms. The molecular formula is C16H31NO. The summed E-state index contributed by atoms with van der Waals surface area (Å²) in [6, 6.07) is 0.714. The molecule has 0 bridgehead atoms. The van der Waals surface area contributed by atoms with Gasteiger partial charge in [-0.1, -0.05) is 26.7 Å². The van der Waals surface area contributed by atoms with E-state index < -0.39 is 0 Å². The first-order valence-corrected chi connectivity index (χ1v) is 7.93. The van der Waals surface area contributed by atoms with Crippen LogP contribution in [0.2, 0.25) is 0 Å². The molecule has 0 aromatic carbocycles. The van der Waals surface area contributed by atoms with E-state index in [0.717, 1.165) is 25.0 Å². The Kier molecular flexibility index (Phi) is 5.08. The fourth-order valence-electron chi connectivity index (χ4n) is 4.63. The molecule has 1 atom stereocenters. The number of ether oxygens (including phenoxy) is 1. The van der Waals surface area contributed by atoms with Crippen molar-refractivity contribution in [1.82, 2.24) is 5.32 Å². The van der Waals surface area contributed by atoms with Crippen molar-refractivity contribution >= 4 is 0 Å². The molecule has 1 saturated carbocycles. The van der Waals surface area contributed by atoms with Gasteiger partial charge < -0.3 is 10.1 Å². The Labute approximate surface area is 113 Å². The zero-order chi connectivity index (χ0) is 13.0. The Hall–Kier alpha value is -0.0800. The quantitative estimate of drug-likeness (QED) is 0.808. The van der Waals surface area contributed by atoms with Crippen molar-refractivity contribution < 1.29 is 4.74 Å². The van der Waals surface area contributed by atoms with Gasteiger partial charge in [-0.05, 0) is 56.4 Å². The second-order valence-electron chi connectivity index (χ2n) is 6.88. The summed E-state index contributed by atoms with van der Waals surface area (Å²) in [7, 11) is 2.18. The lowest BCUT2D eigenvalue weighted by molar-refractivity contribution is 0.0205. The van der Waals surface area contributed by atoms with Crippen LogP contribution >= 0.6 is 0 Å². The predicted octanol–water partition coefficient (Wildman–Crippen LogP) is 3.61. The first-order valence-electron chi connectivity index (χ1n) is 7.93. The van der Waals surface area contributed by atoms with E-state index in [0.29, 0.717) is 11.5 Å². The summed E-state index contributed by atoms with van der Waals surface area (Å²) >= 11 is 0. The lowest BCUT2D eigenvalue weighted by Gasteiger charge is -2.44. The molecule has 2 fully saturated rings. The Balaban J connectivity index is 2.10. The van der Waals surface area contributed by atoms with Crippen LogP contribution in [0.15, 0.2) is 0 Å². The highest BCUT2D eigenvalue weighted by Gasteiger charge is 2.44. The first kappa shape index (κ1) is 14.3. The van der Waals surface area contributed by atoms with Gasteiger partial charge in [-0.2, -0.15) is 0 Å². The average Bonchev–Trinajstić information content (AvgIpc) is 2.79. The second-order valence-corrected chi connectivity index (χ2v) is 6.88. The molecule has 1 aliphatic carbocycles. The maximum atomic E-state index is 5.54. The van der Waals surface area contributed by atoms with Crippen LogP contribution < -0.4 is 5.32 Å². The second kappa shape index (κ2) is 6.38. The zero-order valence-corrected chi connectivity index (χ0v) is 12.5. The highest BCUT2D eigenvalue weighted by Crippen LogP contribution is 2.49. The standard InChI is InChI=1S/C16H31NO/c1-13(2)12-16(8-4-5-9-16)15(17-3)14-6-10-18-11-7-14/h13-15,17H,4-12H2,1-3H3. The molecule has 2 rings (SSSR count). The largest absolute Gasteiger partial charge is 0.381 e. The molecule has 1 aliphatic heterocycles. The van der Waals surface area contributed by atoms with E-state index in [2.05, 4.69) is 26.2 Å². The zero-order valence-electron chi connectivity index (χ0n) is 12.5. The topological polar surface area (TPSA) is 21.3 Å². The average molecular weight is 253 g/mol. The predicted molar refractivity (Wildman–Crippen MR) is 76.7 cm³/mol. The normalized spacial score (nSPS) is 26.7. The molecule has 2 heteroatoms. The van der Waals surface area contributed by atoms with Crippen LogP contribution in [0.3, 0.4) is 0 Å². The van der Waals surface area contributed by atoms with E-state index in [1.54, 1.807) is 0 Å². The van der Waals surface area contributed by atoms with E-state index in [9.17, 15) is 0 Å². The lowest BCUT2D eigenvalue weighted by Crippen LogP contribution is -2.49. The van der Waals surface area contributed by atoms with E-state index >= 15 is 0 Å². The summed E-state index contributed by atoms with van der Waals surface area (Å²) in [6.07, 6.45) is 9.66. The summed E-state index contributed by atoms with van der Waals surface area (Å²) < 4.78 is 5.54. The van der Waals surface area contributed by atoms with Gasteiger partial charge in [-0.3, -0.25) is 0 Å². The summed E-state index contributed by atoms with van der Waals surface area (Å²) in [5.74, 6) is 1.65. The molecule has 0 amide bonds. The van der Waals surface area contributed by atoms with Crippen LogP contribution in [0.4, 0.5) is 0 Å². The van der Waals surface area contributed by atoms with Crippen LogP contribution in [0.25, 0.3) is 0 Å². The van der Waals surface area contributed by atoms with Crippen LogP contribution in [0.1, 0.15) is 58.8 Å². The minimum Gasteiger partial charge on any atom is -0.381 e. The molecule has 1 saturated heterocycles. The van der Waals surface area contributed by atoms with E-state index in [1.165, 1.54) is 44.9 Å². The smallest absolute Gasteiger partial charge is 0.0469 e. The summed E-state index contributed by atoms with van der Waals surface area (Å²) in [4.78, 5) is 0. The van der Waals surface area contributed by atoms with Gasteiger partial charge in [0.15, 0.2) is 0 Å². The highest BCUT2D eigenvalue weighted by molar-refractivity contribution is 4.98. The highest BCUT2D eigenvalue weighted by atomic mass is 16.5. The van der Waals surface area contributed by atoms with Gasteiger partial charge in [0.05, 0.1) is 0 Å². The van der Waals surface area contributed by atoms with Crippen LogP contribution in [0.5, 0.6) is 0 Å². The third-order valence-corrected chi connectivity index (χ3v) is 5.12. The van der Waals surface area contributed by atoms with Gasteiger partial charge in [0, 0.05) is 19.3 Å². The van der Waals surface area contributed by atoms with Gasteiger partial charge in [0.2, 0.25) is 0 Å². The Morgan fingerprint density at radius 1 is 1.17 bits per heavy atom. The van der Waals surface area contributed by atoms with Gasteiger partial charge in [-0.25, -0.2) is 0 Å². The number of rotatable bonds is 5. The molecule has 0 aromatic heterocycles. The minimum absolute atomic E-state index is 0.574. The Bertz CT molecular complexity index is 239. The first-order chi connectivity index (χ1) is 8.68. The van der Waals surface area contributed by atoms with Gasteiger partial charge >= 0.3 is 0 Å². The number of nitrogens with one attached hydrogen (secondary N) is 1. The third kappa shape index (κ3) is 3.08. The summed E-state index contributed by atoms with van der Waals surface area (Å²) in [5.41, 5.74) is 0.574. The van der Waals surface area contributed by atoms with Gasteiger partial charge in [0.25, 0.3) is 0 Å². The molecule has 2 nitrogen and oxygen atoms in total. The molecular weight excluding hydrogens is 222 g/mol. The maximum absolute atomic E-state index is 5.54. The number of hydrogen-bond donors (Lipinski definition) is 1. The van der Waals surface area contributed by atoms with Gasteiger partial charge in [-0.15, -0.1) is 0 Å². The van der Waals surface area contributed by atoms with Crippen LogP contribution in [-0.2, 0) is 4.74 Å². The molecule has 0 spiro atoms. The summed E-state index contributed by atoms with van der Waals surface area (Å²) in [6.45, 7) is 6.72. The number of hydrogen-bond acceptors (Lipinski definition) is 2. The van der Waals surface area contributed by atoms with Crippen molar-refractivity contribution in [1.29, 1.82) is 0 Å². The molecule has 1 N–H and O–H groups in total. The van der Waals surface area contributed by atoms with Crippen molar-refractivity contribution in [3.05, 3.63) is 0 Å². The molecule has 1 unspecified atom stereocenters. The van der Waals surface area contributed by atoms with E-state index in [-0.39, 0.29) is 0 Å². The van der Waals surface area contributed by atoms with Crippen molar-refractivity contribution in [2.24, 2.45) is 17.3 Å². The minimum atomic E-state index is 0.574. The molecule has 2 aliphatic rings. The van der Waals surface area contributed by atoms with Crippen LogP contribution in [0, 0.1) is 17.3 Å². The van der Waals surface area contributed by atoms with Gasteiger partial charge in [0.1, 0.15) is 0 Å². The third-order valence-electron chi connectivity index (χ3n) is 5.12. The molecule has 106 valence electrons. The van der Waals surface area contributed by atoms with Crippen LogP contribution in [-0.4, -0.2) is 26.3 Å². The van der Waals surface area contributed by atoms with E-state index in [1.807, 2.05) is 0 Å².